The van der Waals surface area contributed by atoms with Crippen molar-refractivity contribution in [3.63, 3.8) is 0 Å². The van der Waals surface area contributed by atoms with E-state index in [1.165, 1.54) is 5.56 Å². The molecule has 0 bridgehead atoms. The van der Waals surface area contributed by atoms with Crippen LogP contribution in [0, 0.1) is 0 Å². The molecular weight excluding hydrogens is 234 g/mol. The van der Waals surface area contributed by atoms with Gasteiger partial charge in [0, 0.05) is 24.5 Å². The van der Waals surface area contributed by atoms with E-state index in [-0.39, 0.29) is 5.91 Å². The molecule has 17 heavy (non-hydrogen) atoms. The molecule has 1 heterocycles. The van der Waals surface area contributed by atoms with Crippen molar-refractivity contribution in [2.45, 2.75) is 11.4 Å². The summed E-state index contributed by atoms with van der Waals surface area (Å²) >= 11 is 1.60. The van der Waals surface area contributed by atoms with Gasteiger partial charge in [-0.15, -0.1) is 11.8 Å². The lowest BCUT2D eigenvalue weighted by Crippen LogP contribution is -2.39. The summed E-state index contributed by atoms with van der Waals surface area (Å²) in [6, 6.07) is 6.26. The van der Waals surface area contributed by atoms with Gasteiger partial charge >= 0.3 is 0 Å². The summed E-state index contributed by atoms with van der Waals surface area (Å²) in [6.07, 6.45) is 0. The summed E-state index contributed by atoms with van der Waals surface area (Å²) in [4.78, 5) is 14.8. The van der Waals surface area contributed by atoms with Gasteiger partial charge in [0.1, 0.15) is 0 Å². The molecule has 0 aromatic heterocycles. The summed E-state index contributed by atoms with van der Waals surface area (Å²) in [5.41, 5.74) is 7.75. The highest BCUT2D eigenvalue weighted by Gasteiger charge is 2.24. The molecule has 2 rings (SSSR count). The van der Waals surface area contributed by atoms with Crippen LogP contribution in [0.4, 0.5) is 5.69 Å². The third kappa shape index (κ3) is 2.62. The molecule has 0 atom stereocenters. The highest BCUT2D eigenvalue weighted by atomic mass is 32.2. The van der Waals surface area contributed by atoms with E-state index in [1.54, 1.807) is 16.7 Å². The Bertz CT molecular complexity index is 422. The fourth-order valence-corrected chi connectivity index (χ4v) is 2.85. The lowest BCUT2D eigenvalue weighted by molar-refractivity contribution is -0.116. The van der Waals surface area contributed by atoms with Crippen molar-refractivity contribution in [1.29, 1.82) is 0 Å². The highest BCUT2D eigenvalue weighted by molar-refractivity contribution is 8.00. The third-order valence-corrected chi connectivity index (χ3v) is 3.75. The van der Waals surface area contributed by atoms with Crippen molar-refractivity contribution in [1.82, 2.24) is 5.32 Å². The van der Waals surface area contributed by atoms with Crippen molar-refractivity contribution < 1.29 is 4.79 Å². The average molecular weight is 251 g/mol. The van der Waals surface area contributed by atoms with E-state index in [1.807, 2.05) is 7.05 Å². The van der Waals surface area contributed by atoms with Crippen LogP contribution in [0.1, 0.15) is 5.56 Å². The van der Waals surface area contributed by atoms with Crippen molar-refractivity contribution >= 4 is 23.4 Å². The van der Waals surface area contributed by atoms with Gasteiger partial charge in [-0.05, 0) is 24.7 Å². The SMILES string of the molecule is CNCc1ccc2c(c1)N(CCN)C(=O)CS2. The molecule has 1 aliphatic heterocycles. The second-order valence-electron chi connectivity index (χ2n) is 3.96. The summed E-state index contributed by atoms with van der Waals surface area (Å²) in [6.45, 7) is 1.89. The predicted molar refractivity (Wildman–Crippen MR) is 71.3 cm³/mol. The topological polar surface area (TPSA) is 58.4 Å². The second kappa shape index (κ2) is 5.53. The number of carbonyl (C=O) groups is 1. The lowest BCUT2D eigenvalue weighted by atomic mass is 10.1. The molecule has 0 saturated carbocycles. The summed E-state index contributed by atoms with van der Waals surface area (Å²) < 4.78 is 0. The average Bonchev–Trinajstić information content (AvgIpc) is 2.33. The first-order valence-corrected chi connectivity index (χ1v) is 6.65. The van der Waals surface area contributed by atoms with Gasteiger partial charge in [0.05, 0.1) is 11.4 Å². The molecule has 0 saturated heterocycles. The van der Waals surface area contributed by atoms with Crippen LogP contribution in [0.2, 0.25) is 0 Å². The standard InChI is InChI=1S/C12H17N3OS/c1-14-7-9-2-3-11-10(6-9)15(5-4-13)12(16)8-17-11/h2-3,6,14H,4-5,7-8,13H2,1H3. The number of anilines is 1. The van der Waals surface area contributed by atoms with Crippen molar-refractivity contribution in [3.05, 3.63) is 23.8 Å². The normalized spacial score (nSPS) is 14.9. The number of carbonyl (C=O) groups excluding carboxylic acids is 1. The first-order valence-electron chi connectivity index (χ1n) is 5.67. The zero-order chi connectivity index (χ0) is 12.3. The van der Waals surface area contributed by atoms with Gasteiger partial charge in [0.25, 0.3) is 0 Å². The molecule has 1 amide bonds. The fourth-order valence-electron chi connectivity index (χ4n) is 1.94. The highest BCUT2D eigenvalue weighted by Crippen LogP contribution is 2.35. The molecule has 3 N–H and O–H groups in total. The van der Waals surface area contributed by atoms with Gasteiger partial charge in [-0.25, -0.2) is 0 Å². The molecule has 5 heteroatoms. The number of thioether (sulfide) groups is 1. The van der Waals surface area contributed by atoms with E-state index in [0.29, 0.717) is 18.8 Å². The molecule has 0 radical (unpaired) electrons. The number of benzene rings is 1. The Hall–Kier alpha value is -1.04. The molecule has 0 fully saturated rings. The first-order chi connectivity index (χ1) is 8.26. The Morgan fingerprint density at radius 1 is 1.53 bits per heavy atom. The molecule has 0 unspecified atom stereocenters. The van der Waals surface area contributed by atoms with Crippen LogP contribution in [0.5, 0.6) is 0 Å². The smallest absolute Gasteiger partial charge is 0.237 e. The molecule has 1 aliphatic rings. The Labute approximate surface area is 106 Å². The number of hydrogen-bond acceptors (Lipinski definition) is 4. The van der Waals surface area contributed by atoms with Crippen molar-refractivity contribution in [2.75, 3.05) is 30.8 Å². The largest absolute Gasteiger partial charge is 0.329 e. The number of hydrogen-bond donors (Lipinski definition) is 2. The predicted octanol–water partition coefficient (Wildman–Crippen LogP) is 0.803. The zero-order valence-corrected chi connectivity index (χ0v) is 10.7. The van der Waals surface area contributed by atoms with E-state index in [9.17, 15) is 4.79 Å². The number of nitrogens with two attached hydrogens (primary N) is 1. The number of amides is 1. The number of rotatable bonds is 4. The quantitative estimate of drug-likeness (QED) is 0.831. The zero-order valence-electron chi connectivity index (χ0n) is 9.90. The Balaban J connectivity index is 2.34. The minimum atomic E-state index is 0.148. The second-order valence-corrected chi connectivity index (χ2v) is 4.97. The van der Waals surface area contributed by atoms with Crippen molar-refractivity contribution in [3.8, 4) is 0 Å². The Kier molecular flexibility index (Phi) is 4.04. The monoisotopic (exact) mass is 251 g/mol. The minimum Gasteiger partial charge on any atom is -0.329 e. The molecule has 4 nitrogen and oxygen atoms in total. The summed E-state index contributed by atoms with van der Waals surface area (Å²) in [5.74, 6) is 0.660. The van der Waals surface area contributed by atoms with Gasteiger partial charge in [-0.3, -0.25) is 4.79 Å². The van der Waals surface area contributed by atoms with E-state index in [0.717, 1.165) is 17.1 Å². The van der Waals surface area contributed by atoms with E-state index in [4.69, 9.17) is 5.73 Å². The molecular formula is C12H17N3OS. The maximum atomic E-state index is 11.9. The van der Waals surface area contributed by atoms with Crippen LogP contribution in [0.25, 0.3) is 0 Å². The molecule has 0 aliphatic carbocycles. The van der Waals surface area contributed by atoms with Gasteiger partial charge in [-0.1, -0.05) is 6.07 Å². The number of nitrogens with one attached hydrogen (secondary N) is 1. The van der Waals surface area contributed by atoms with Crippen LogP contribution in [-0.4, -0.2) is 31.8 Å². The molecule has 1 aromatic carbocycles. The molecule has 0 spiro atoms. The minimum absolute atomic E-state index is 0.148. The molecule has 92 valence electrons. The van der Waals surface area contributed by atoms with Crippen LogP contribution in [0.15, 0.2) is 23.1 Å². The number of fused-ring (bicyclic) bond motifs is 1. The van der Waals surface area contributed by atoms with Gasteiger partial charge in [0.2, 0.25) is 5.91 Å². The number of nitrogens with zero attached hydrogens (tertiary/aromatic N) is 1. The van der Waals surface area contributed by atoms with Crippen molar-refractivity contribution in [2.24, 2.45) is 5.73 Å². The maximum absolute atomic E-state index is 11.9. The van der Waals surface area contributed by atoms with E-state index >= 15 is 0 Å². The third-order valence-electron chi connectivity index (χ3n) is 2.70. The summed E-state index contributed by atoms with van der Waals surface area (Å²) in [5, 5.41) is 3.11. The van der Waals surface area contributed by atoms with Crippen LogP contribution < -0.4 is 16.0 Å². The summed E-state index contributed by atoms with van der Waals surface area (Å²) in [7, 11) is 1.91. The lowest BCUT2D eigenvalue weighted by Gasteiger charge is -2.29. The Morgan fingerprint density at radius 3 is 3.06 bits per heavy atom. The maximum Gasteiger partial charge on any atom is 0.237 e. The Morgan fingerprint density at radius 2 is 2.35 bits per heavy atom. The van der Waals surface area contributed by atoms with Gasteiger partial charge in [0.15, 0.2) is 0 Å². The van der Waals surface area contributed by atoms with Gasteiger partial charge < -0.3 is 16.0 Å². The van der Waals surface area contributed by atoms with Crippen LogP contribution >= 0.6 is 11.8 Å². The van der Waals surface area contributed by atoms with E-state index in [2.05, 4.69) is 23.5 Å². The van der Waals surface area contributed by atoms with Crippen LogP contribution in [-0.2, 0) is 11.3 Å². The van der Waals surface area contributed by atoms with Gasteiger partial charge in [-0.2, -0.15) is 0 Å². The van der Waals surface area contributed by atoms with E-state index < -0.39 is 0 Å². The molecule has 1 aromatic rings. The first kappa shape index (κ1) is 12.4. The fraction of sp³-hybridized carbons (Fsp3) is 0.417. The van der Waals surface area contributed by atoms with Crippen LogP contribution in [0.3, 0.4) is 0 Å².